The summed E-state index contributed by atoms with van der Waals surface area (Å²) >= 11 is 0. The number of methoxy groups -OCH3 is 1. The number of nitrogens with one attached hydrogen (secondary N) is 1. The molecule has 1 fully saturated rings. The number of ether oxygens (including phenoxy) is 2. The largest absolute Gasteiger partial charge is 0.383 e. The standard InChI is InChI=1S/C15H28N4O2/c1-13-15(12-16-4-9-20-3)14(2)19(17-13)6-5-18-7-10-21-11-8-18/h16H,4-12H2,1-3H3. The third-order valence-electron chi connectivity index (χ3n) is 4.05. The molecule has 120 valence electrons. The second-order valence-corrected chi connectivity index (χ2v) is 5.50. The van der Waals surface area contributed by atoms with Gasteiger partial charge in [0.05, 0.1) is 32.1 Å². The van der Waals surface area contributed by atoms with E-state index in [0.29, 0.717) is 0 Å². The minimum atomic E-state index is 0.739. The zero-order valence-electron chi connectivity index (χ0n) is 13.5. The van der Waals surface area contributed by atoms with Gasteiger partial charge in [-0.3, -0.25) is 9.58 Å². The van der Waals surface area contributed by atoms with Gasteiger partial charge in [0.2, 0.25) is 0 Å². The molecule has 0 atom stereocenters. The summed E-state index contributed by atoms with van der Waals surface area (Å²) < 4.78 is 12.6. The highest BCUT2D eigenvalue weighted by atomic mass is 16.5. The zero-order valence-corrected chi connectivity index (χ0v) is 13.5. The van der Waals surface area contributed by atoms with E-state index in [1.807, 2.05) is 0 Å². The molecular formula is C15H28N4O2. The van der Waals surface area contributed by atoms with E-state index >= 15 is 0 Å². The maximum absolute atomic E-state index is 5.38. The van der Waals surface area contributed by atoms with Gasteiger partial charge in [0.1, 0.15) is 0 Å². The maximum Gasteiger partial charge on any atom is 0.0641 e. The normalized spacial score (nSPS) is 16.5. The van der Waals surface area contributed by atoms with Gasteiger partial charge in [-0.05, 0) is 13.8 Å². The Labute approximate surface area is 127 Å². The van der Waals surface area contributed by atoms with Crippen molar-refractivity contribution in [3.05, 3.63) is 17.0 Å². The number of rotatable bonds is 8. The highest BCUT2D eigenvalue weighted by Crippen LogP contribution is 2.13. The molecule has 1 aliphatic heterocycles. The first-order chi connectivity index (χ1) is 10.2. The van der Waals surface area contributed by atoms with Crippen molar-refractivity contribution in [2.75, 3.05) is 53.1 Å². The van der Waals surface area contributed by atoms with Crippen molar-refractivity contribution < 1.29 is 9.47 Å². The van der Waals surface area contributed by atoms with Crippen LogP contribution in [0.15, 0.2) is 0 Å². The molecule has 1 aromatic rings. The summed E-state index contributed by atoms with van der Waals surface area (Å²) in [7, 11) is 1.72. The molecule has 1 saturated heterocycles. The Balaban J connectivity index is 1.85. The van der Waals surface area contributed by atoms with E-state index in [2.05, 4.69) is 33.8 Å². The molecular weight excluding hydrogens is 268 g/mol. The Morgan fingerprint density at radius 3 is 2.71 bits per heavy atom. The minimum Gasteiger partial charge on any atom is -0.383 e. The van der Waals surface area contributed by atoms with Gasteiger partial charge < -0.3 is 14.8 Å². The van der Waals surface area contributed by atoms with Gasteiger partial charge in [0.25, 0.3) is 0 Å². The lowest BCUT2D eigenvalue weighted by Gasteiger charge is -2.26. The van der Waals surface area contributed by atoms with Gasteiger partial charge in [0, 0.05) is 51.1 Å². The Hall–Kier alpha value is -0.950. The van der Waals surface area contributed by atoms with E-state index in [1.54, 1.807) is 7.11 Å². The first-order valence-electron chi connectivity index (χ1n) is 7.75. The van der Waals surface area contributed by atoms with Crippen LogP contribution in [0.2, 0.25) is 0 Å². The number of hydrogen-bond donors (Lipinski definition) is 1. The topological polar surface area (TPSA) is 51.5 Å². The van der Waals surface area contributed by atoms with Crippen molar-refractivity contribution in [2.24, 2.45) is 0 Å². The molecule has 0 spiro atoms. The molecule has 0 bridgehead atoms. The number of morpholine rings is 1. The molecule has 1 aliphatic rings. The van der Waals surface area contributed by atoms with Crippen molar-refractivity contribution in [3.8, 4) is 0 Å². The molecule has 2 heterocycles. The molecule has 0 aromatic carbocycles. The fourth-order valence-corrected chi connectivity index (χ4v) is 2.66. The number of aryl methyl sites for hydroxylation is 1. The van der Waals surface area contributed by atoms with E-state index in [0.717, 1.165) is 64.8 Å². The first-order valence-corrected chi connectivity index (χ1v) is 7.75. The minimum absolute atomic E-state index is 0.739. The second kappa shape index (κ2) is 8.48. The van der Waals surface area contributed by atoms with Crippen LogP contribution in [0.25, 0.3) is 0 Å². The van der Waals surface area contributed by atoms with Gasteiger partial charge in [0.15, 0.2) is 0 Å². The molecule has 21 heavy (non-hydrogen) atoms. The summed E-state index contributed by atoms with van der Waals surface area (Å²) in [5.41, 5.74) is 3.71. The summed E-state index contributed by atoms with van der Waals surface area (Å²) in [5, 5.41) is 8.08. The van der Waals surface area contributed by atoms with Crippen molar-refractivity contribution >= 4 is 0 Å². The van der Waals surface area contributed by atoms with Gasteiger partial charge in [-0.1, -0.05) is 0 Å². The quantitative estimate of drug-likeness (QED) is 0.711. The van der Waals surface area contributed by atoms with Crippen LogP contribution in [0, 0.1) is 13.8 Å². The Kier molecular flexibility index (Phi) is 6.63. The highest BCUT2D eigenvalue weighted by Gasteiger charge is 2.14. The fourth-order valence-electron chi connectivity index (χ4n) is 2.66. The molecule has 1 N–H and O–H groups in total. The molecule has 0 unspecified atom stereocenters. The first kappa shape index (κ1) is 16.4. The van der Waals surface area contributed by atoms with Gasteiger partial charge in [-0.15, -0.1) is 0 Å². The van der Waals surface area contributed by atoms with Crippen LogP contribution < -0.4 is 5.32 Å². The van der Waals surface area contributed by atoms with Crippen molar-refractivity contribution in [3.63, 3.8) is 0 Å². The van der Waals surface area contributed by atoms with Crippen LogP contribution >= 0.6 is 0 Å². The van der Waals surface area contributed by atoms with Gasteiger partial charge in [-0.2, -0.15) is 5.10 Å². The predicted octanol–water partition coefficient (Wildman–Crippen LogP) is 0.568. The van der Waals surface area contributed by atoms with E-state index in [1.165, 1.54) is 11.3 Å². The second-order valence-electron chi connectivity index (χ2n) is 5.50. The van der Waals surface area contributed by atoms with Crippen molar-refractivity contribution in [1.82, 2.24) is 20.0 Å². The third-order valence-corrected chi connectivity index (χ3v) is 4.05. The van der Waals surface area contributed by atoms with Crippen LogP contribution in [0.3, 0.4) is 0 Å². The van der Waals surface area contributed by atoms with Crippen molar-refractivity contribution in [1.29, 1.82) is 0 Å². The number of hydrogen-bond acceptors (Lipinski definition) is 5. The predicted molar refractivity (Wildman–Crippen MR) is 82.5 cm³/mol. The average molecular weight is 296 g/mol. The molecule has 0 amide bonds. The summed E-state index contributed by atoms with van der Waals surface area (Å²) in [6.07, 6.45) is 0. The van der Waals surface area contributed by atoms with Crippen LogP contribution in [-0.2, 0) is 22.6 Å². The summed E-state index contributed by atoms with van der Waals surface area (Å²) in [5.74, 6) is 0. The lowest BCUT2D eigenvalue weighted by atomic mass is 10.2. The van der Waals surface area contributed by atoms with E-state index in [-0.39, 0.29) is 0 Å². The number of nitrogens with zero attached hydrogens (tertiary/aromatic N) is 3. The summed E-state index contributed by atoms with van der Waals surface area (Å²) in [4.78, 5) is 2.44. The molecule has 6 nitrogen and oxygen atoms in total. The molecule has 0 radical (unpaired) electrons. The molecule has 1 aromatic heterocycles. The fraction of sp³-hybridized carbons (Fsp3) is 0.800. The number of aromatic nitrogens is 2. The molecule has 2 rings (SSSR count). The van der Waals surface area contributed by atoms with E-state index < -0.39 is 0 Å². The third kappa shape index (κ3) is 4.78. The van der Waals surface area contributed by atoms with Crippen LogP contribution in [-0.4, -0.2) is 67.8 Å². The van der Waals surface area contributed by atoms with Crippen LogP contribution in [0.1, 0.15) is 17.0 Å². The molecule has 0 aliphatic carbocycles. The Morgan fingerprint density at radius 2 is 2.00 bits per heavy atom. The smallest absolute Gasteiger partial charge is 0.0641 e. The lowest BCUT2D eigenvalue weighted by molar-refractivity contribution is 0.0359. The summed E-state index contributed by atoms with van der Waals surface area (Å²) in [6.45, 7) is 12.5. The average Bonchev–Trinajstić information content (AvgIpc) is 2.77. The van der Waals surface area contributed by atoms with Crippen LogP contribution in [0.5, 0.6) is 0 Å². The van der Waals surface area contributed by atoms with Gasteiger partial charge in [-0.25, -0.2) is 0 Å². The highest BCUT2D eigenvalue weighted by molar-refractivity contribution is 5.24. The van der Waals surface area contributed by atoms with Gasteiger partial charge >= 0.3 is 0 Å². The molecule has 6 heteroatoms. The van der Waals surface area contributed by atoms with E-state index in [4.69, 9.17) is 9.47 Å². The monoisotopic (exact) mass is 296 g/mol. The van der Waals surface area contributed by atoms with Crippen molar-refractivity contribution in [2.45, 2.75) is 26.9 Å². The van der Waals surface area contributed by atoms with Crippen LogP contribution in [0.4, 0.5) is 0 Å². The lowest BCUT2D eigenvalue weighted by Crippen LogP contribution is -2.38. The maximum atomic E-state index is 5.38. The zero-order chi connectivity index (χ0) is 15.1. The Morgan fingerprint density at radius 1 is 1.24 bits per heavy atom. The Bertz CT molecular complexity index is 428. The SMILES string of the molecule is COCCNCc1c(C)nn(CCN2CCOCC2)c1C. The summed E-state index contributed by atoms with van der Waals surface area (Å²) in [6, 6.07) is 0. The van der Waals surface area contributed by atoms with E-state index in [9.17, 15) is 0 Å². The molecule has 0 saturated carbocycles.